The Morgan fingerprint density at radius 2 is 1.79 bits per heavy atom. The van der Waals surface area contributed by atoms with Crippen molar-refractivity contribution in [3.63, 3.8) is 0 Å². The number of carboxylic acid groups (broad SMARTS) is 1. The minimum atomic E-state index is -0.976. The minimum Gasteiger partial charge on any atom is -0.493 e. The van der Waals surface area contributed by atoms with E-state index in [0.29, 0.717) is 43.1 Å². The lowest BCUT2D eigenvalue weighted by Gasteiger charge is -2.15. The van der Waals surface area contributed by atoms with E-state index in [9.17, 15) is 9.90 Å². The van der Waals surface area contributed by atoms with Gasteiger partial charge in [-0.3, -0.25) is 0 Å². The zero-order valence-corrected chi connectivity index (χ0v) is 14.0. The normalized spacial score (nSPS) is 10.4. The smallest absolute Gasteiger partial charge is 0.336 e. The number of aromatic carboxylic acids is 1. The molecule has 0 atom stereocenters. The molecule has 1 N–H and O–H groups in total. The lowest BCUT2D eigenvalue weighted by atomic mass is 10.0. The van der Waals surface area contributed by atoms with E-state index in [0.717, 1.165) is 5.56 Å². The predicted octanol–water partition coefficient (Wildman–Crippen LogP) is 3.55. The Morgan fingerprint density at radius 1 is 1.04 bits per heavy atom. The van der Waals surface area contributed by atoms with E-state index in [4.69, 9.17) is 14.2 Å². The highest BCUT2D eigenvalue weighted by atomic mass is 16.5. The second-order valence-corrected chi connectivity index (χ2v) is 5.27. The van der Waals surface area contributed by atoms with Crippen LogP contribution >= 0.6 is 0 Å². The summed E-state index contributed by atoms with van der Waals surface area (Å²) < 4.78 is 16.3. The molecular formula is C19H22O5. The van der Waals surface area contributed by atoms with Crippen molar-refractivity contribution in [2.45, 2.75) is 19.4 Å². The number of hydrogen-bond acceptors (Lipinski definition) is 4. The van der Waals surface area contributed by atoms with Crippen molar-refractivity contribution in [1.29, 1.82) is 0 Å². The summed E-state index contributed by atoms with van der Waals surface area (Å²) in [6.45, 7) is 1.08. The Labute approximate surface area is 141 Å². The summed E-state index contributed by atoms with van der Waals surface area (Å²) in [5.74, 6) is 0.0271. The topological polar surface area (TPSA) is 65.0 Å². The average molecular weight is 330 g/mol. The SMILES string of the molecule is COc1ccc(C(=O)O)c(CCCOCc2ccccc2)c1OC. The monoisotopic (exact) mass is 330 g/mol. The molecule has 0 spiro atoms. The van der Waals surface area contributed by atoms with Gasteiger partial charge in [-0.15, -0.1) is 0 Å². The molecule has 128 valence electrons. The molecule has 0 unspecified atom stereocenters. The third-order valence-electron chi connectivity index (χ3n) is 3.71. The van der Waals surface area contributed by atoms with Gasteiger partial charge >= 0.3 is 5.97 Å². The molecule has 0 aliphatic rings. The van der Waals surface area contributed by atoms with Crippen molar-refractivity contribution < 1.29 is 24.1 Å². The molecule has 2 rings (SSSR count). The van der Waals surface area contributed by atoms with Gasteiger partial charge in [-0.2, -0.15) is 0 Å². The molecule has 2 aromatic carbocycles. The van der Waals surface area contributed by atoms with Crippen LogP contribution in [0.3, 0.4) is 0 Å². The first-order chi connectivity index (χ1) is 11.7. The first-order valence-electron chi connectivity index (χ1n) is 7.76. The van der Waals surface area contributed by atoms with Gasteiger partial charge in [-0.25, -0.2) is 4.79 Å². The molecule has 5 heteroatoms. The Morgan fingerprint density at radius 3 is 2.42 bits per heavy atom. The van der Waals surface area contributed by atoms with Gasteiger partial charge in [-0.05, 0) is 30.5 Å². The highest BCUT2D eigenvalue weighted by Crippen LogP contribution is 2.34. The maximum Gasteiger partial charge on any atom is 0.336 e. The summed E-state index contributed by atoms with van der Waals surface area (Å²) in [6.07, 6.45) is 1.23. The Hall–Kier alpha value is -2.53. The highest BCUT2D eigenvalue weighted by Gasteiger charge is 2.18. The summed E-state index contributed by atoms with van der Waals surface area (Å²) in [5.41, 5.74) is 1.98. The summed E-state index contributed by atoms with van der Waals surface area (Å²) in [5, 5.41) is 9.37. The number of hydrogen-bond donors (Lipinski definition) is 1. The molecule has 0 saturated heterocycles. The molecule has 0 saturated carbocycles. The van der Waals surface area contributed by atoms with E-state index < -0.39 is 5.97 Å². The van der Waals surface area contributed by atoms with Gasteiger partial charge < -0.3 is 19.3 Å². The van der Waals surface area contributed by atoms with Crippen LogP contribution in [0, 0.1) is 0 Å². The standard InChI is InChI=1S/C19H22O5/c1-22-17-11-10-16(19(20)21)15(18(17)23-2)9-6-12-24-13-14-7-4-3-5-8-14/h3-5,7-8,10-11H,6,9,12-13H2,1-2H3,(H,20,21). The Bertz CT molecular complexity index is 667. The zero-order chi connectivity index (χ0) is 17.4. The molecule has 2 aromatic rings. The Balaban J connectivity index is 1.99. The quantitative estimate of drug-likeness (QED) is 0.712. The molecular weight excluding hydrogens is 308 g/mol. The number of methoxy groups -OCH3 is 2. The van der Waals surface area contributed by atoms with E-state index >= 15 is 0 Å². The molecule has 5 nitrogen and oxygen atoms in total. The van der Waals surface area contributed by atoms with Crippen LogP contribution in [-0.2, 0) is 17.8 Å². The highest BCUT2D eigenvalue weighted by molar-refractivity contribution is 5.90. The van der Waals surface area contributed by atoms with Crippen molar-refractivity contribution in [2.75, 3.05) is 20.8 Å². The first kappa shape index (κ1) is 17.8. The third-order valence-corrected chi connectivity index (χ3v) is 3.71. The van der Waals surface area contributed by atoms with E-state index in [1.807, 2.05) is 30.3 Å². The molecule has 0 aliphatic heterocycles. The van der Waals surface area contributed by atoms with Crippen LogP contribution in [0.1, 0.15) is 27.9 Å². The lowest BCUT2D eigenvalue weighted by molar-refractivity contribution is 0.0694. The number of carboxylic acids is 1. The molecule has 24 heavy (non-hydrogen) atoms. The van der Waals surface area contributed by atoms with Gasteiger partial charge in [0.1, 0.15) is 0 Å². The fraction of sp³-hybridized carbons (Fsp3) is 0.316. The van der Waals surface area contributed by atoms with Gasteiger partial charge in [0.25, 0.3) is 0 Å². The maximum atomic E-state index is 11.4. The van der Waals surface area contributed by atoms with Gasteiger partial charge in [0, 0.05) is 12.2 Å². The van der Waals surface area contributed by atoms with E-state index in [2.05, 4.69) is 0 Å². The number of benzene rings is 2. The molecule has 0 amide bonds. The average Bonchev–Trinajstić information content (AvgIpc) is 2.61. The largest absolute Gasteiger partial charge is 0.493 e. The van der Waals surface area contributed by atoms with Crippen LogP contribution in [0.25, 0.3) is 0 Å². The van der Waals surface area contributed by atoms with Gasteiger partial charge in [0.15, 0.2) is 11.5 Å². The molecule has 0 fully saturated rings. The van der Waals surface area contributed by atoms with Crippen molar-refractivity contribution in [3.05, 3.63) is 59.2 Å². The predicted molar refractivity (Wildman–Crippen MR) is 90.9 cm³/mol. The third kappa shape index (κ3) is 4.49. The van der Waals surface area contributed by atoms with Gasteiger partial charge in [-0.1, -0.05) is 30.3 Å². The second kappa shape index (κ2) is 8.93. The molecule has 0 aliphatic carbocycles. The zero-order valence-electron chi connectivity index (χ0n) is 14.0. The van der Waals surface area contributed by atoms with E-state index in [-0.39, 0.29) is 5.56 Å². The fourth-order valence-electron chi connectivity index (χ4n) is 2.55. The minimum absolute atomic E-state index is 0.232. The maximum absolute atomic E-state index is 11.4. The summed E-state index contributed by atoms with van der Waals surface area (Å²) >= 11 is 0. The Kier molecular flexibility index (Phi) is 6.63. The fourth-order valence-corrected chi connectivity index (χ4v) is 2.55. The van der Waals surface area contributed by atoms with E-state index in [1.54, 1.807) is 12.1 Å². The van der Waals surface area contributed by atoms with Crippen molar-refractivity contribution in [1.82, 2.24) is 0 Å². The van der Waals surface area contributed by atoms with Crippen molar-refractivity contribution >= 4 is 5.97 Å². The van der Waals surface area contributed by atoms with Gasteiger partial charge in [0.2, 0.25) is 0 Å². The number of ether oxygens (including phenoxy) is 3. The van der Waals surface area contributed by atoms with Crippen LogP contribution in [0.5, 0.6) is 11.5 Å². The van der Waals surface area contributed by atoms with Gasteiger partial charge in [0.05, 0.1) is 26.4 Å². The molecule has 0 radical (unpaired) electrons. The van der Waals surface area contributed by atoms with Crippen LogP contribution in [0.15, 0.2) is 42.5 Å². The molecule has 0 heterocycles. The van der Waals surface area contributed by atoms with E-state index in [1.165, 1.54) is 14.2 Å². The summed E-state index contributed by atoms with van der Waals surface area (Å²) in [7, 11) is 3.05. The first-order valence-corrected chi connectivity index (χ1v) is 7.76. The molecule has 0 aromatic heterocycles. The number of rotatable bonds is 9. The van der Waals surface area contributed by atoms with Crippen LogP contribution in [0.2, 0.25) is 0 Å². The molecule has 0 bridgehead atoms. The van der Waals surface area contributed by atoms with Crippen LogP contribution in [0.4, 0.5) is 0 Å². The van der Waals surface area contributed by atoms with Crippen LogP contribution < -0.4 is 9.47 Å². The summed E-state index contributed by atoms with van der Waals surface area (Å²) in [6, 6.07) is 13.1. The van der Waals surface area contributed by atoms with Crippen LogP contribution in [-0.4, -0.2) is 31.9 Å². The summed E-state index contributed by atoms with van der Waals surface area (Å²) in [4.78, 5) is 11.4. The number of carbonyl (C=O) groups is 1. The van der Waals surface area contributed by atoms with Crippen molar-refractivity contribution in [2.24, 2.45) is 0 Å². The second-order valence-electron chi connectivity index (χ2n) is 5.27. The lowest BCUT2D eigenvalue weighted by Crippen LogP contribution is -2.07. The van der Waals surface area contributed by atoms with Crippen molar-refractivity contribution in [3.8, 4) is 11.5 Å².